The molecule has 1 heterocycles. The zero-order valence-electron chi connectivity index (χ0n) is 16.9. The van der Waals surface area contributed by atoms with Gasteiger partial charge in [-0.2, -0.15) is 0 Å². The highest BCUT2D eigenvalue weighted by molar-refractivity contribution is 5.96. The van der Waals surface area contributed by atoms with Gasteiger partial charge in [0.1, 0.15) is 6.33 Å². The maximum Gasteiger partial charge on any atom is 0.255 e. The van der Waals surface area contributed by atoms with Gasteiger partial charge in [-0.3, -0.25) is 4.79 Å². The van der Waals surface area contributed by atoms with Gasteiger partial charge < -0.3 is 5.32 Å². The summed E-state index contributed by atoms with van der Waals surface area (Å²) in [6, 6.07) is 7.09. The van der Waals surface area contributed by atoms with Crippen LogP contribution < -0.4 is 5.32 Å². The van der Waals surface area contributed by atoms with E-state index in [-0.39, 0.29) is 7.33 Å². The summed E-state index contributed by atoms with van der Waals surface area (Å²) in [6.07, 6.45) is 7.02. The highest BCUT2D eigenvalue weighted by Gasteiger charge is 2.08. The number of allylic oxidation sites excluding steroid dienone is 3. The molecule has 1 N–H and O–H groups in total. The third kappa shape index (κ3) is 8.92. The second-order valence-corrected chi connectivity index (χ2v) is 5.73. The third-order valence-electron chi connectivity index (χ3n) is 2.64. The Labute approximate surface area is 158 Å². The van der Waals surface area contributed by atoms with Gasteiger partial charge in [-0.05, 0) is 54.5 Å². The number of tetrazole rings is 1. The van der Waals surface area contributed by atoms with Crippen molar-refractivity contribution in [2.45, 2.75) is 48.5 Å². The van der Waals surface area contributed by atoms with Crippen LogP contribution in [0.15, 0.2) is 54.5 Å². The summed E-state index contributed by atoms with van der Waals surface area (Å²) < 4.78 is 1.50. The Morgan fingerprint density at radius 3 is 2.38 bits per heavy atom. The predicted molar refractivity (Wildman–Crippen MR) is 109 cm³/mol. The Bertz CT molecular complexity index is 691. The van der Waals surface area contributed by atoms with E-state index in [1.807, 2.05) is 52.0 Å². The van der Waals surface area contributed by atoms with Crippen molar-refractivity contribution in [2.24, 2.45) is 5.92 Å². The van der Waals surface area contributed by atoms with Gasteiger partial charge in [0, 0.05) is 12.7 Å². The van der Waals surface area contributed by atoms with E-state index >= 15 is 0 Å². The van der Waals surface area contributed by atoms with E-state index < -0.39 is 0 Å². The Morgan fingerprint density at radius 1 is 1.23 bits per heavy atom. The average Bonchev–Trinajstić information content (AvgIpc) is 3.17. The predicted octanol–water partition coefficient (Wildman–Crippen LogP) is 4.81. The fourth-order valence-electron chi connectivity index (χ4n) is 1.66. The normalized spacial score (nSPS) is 10.7. The zero-order valence-corrected chi connectivity index (χ0v) is 16.9. The minimum atomic E-state index is -0.175. The molecule has 1 aromatic heterocycles. The van der Waals surface area contributed by atoms with Gasteiger partial charge in [0.25, 0.3) is 5.91 Å². The van der Waals surface area contributed by atoms with Crippen LogP contribution in [0.2, 0.25) is 0 Å². The SMILES string of the molecule is C/C=C\C(=C/C)NC(=O)c1cccc(-n2cnnn2)c1.CC.CC(C)C.[HH]. The minimum absolute atomic E-state index is 0. The average molecular weight is 360 g/mol. The molecular formula is C20H33N5O. The first kappa shape index (κ1) is 23.2. The lowest BCUT2D eigenvalue weighted by atomic mass is 10.2. The highest BCUT2D eigenvalue weighted by Crippen LogP contribution is 2.09. The molecule has 6 heteroatoms. The number of amides is 1. The van der Waals surface area contributed by atoms with Crippen molar-refractivity contribution in [3.63, 3.8) is 0 Å². The van der Waals surface area contributed by atoms with Gasteiger partial charge in [0.15, 0.2) is 0 Å². The lowest BCUT2D eigenvalue weighted by Gasteiger charge is -2.07. The number of nitrogens with zero attached hydrogens (tertiary/aromatic N) is 4. The van der Waals surface area contributed by atoms with Crippen LogP contribution in [0.4, 0.5) is 0 Å². The van der Waals surface area contributed by atoms with Crippen molar-refractivity contribution in [3.8, 4) is 5.69 Å². The van der Waals surface area contributed by atoms with E-state index in [1.54, 1.807) is 18.2 Å². The molecule has 26 heavy (non-hydrogen) atoms. The van der Waals surface area contributed by atoms with E-state index in [1.165, 1.54) is 11.0 Å². The minimum Gasteiger partial charge on any atom is -0.322 e. The van der Waals surface area contributed by atoms with Crippen molar-refractivity contribution in [3.05, 3.63) is 60.1 Å². The van der Waals surface area contributed by atoms with Crippen LogP contribution >= 0.6 is 0 Å². The number of carbonyl (C=O) groups excluding carboxylic acids is 1. The summed E-state index contributed by atoms with van der Waals surface area (Å²) in [5.41, 5.74) is 2.03. The standard InChI is InChI=1S/C14H15N5O.C4H10.C2H6.H2/c1-3-6-12(4-2)16-14(20)11-7-5-8-13(9-11)19-10-15-17-18-19;1-4(2)3;1-2;/h3-10H,1-2H3,(H,16,20);4H,1-3H3;1-2H3;1H/b6-3-,12-4+;;;. The third-order valence-corrected chi connectivity index (χ3v) is 2.64. The summed E-state index contributed by atoms with van der Waals surface area (Å²) in [7, 11) is 0. The molecule has 1 aromatic carbocycles. The summed E-state index contributed by atoms with van der Waals surface area (Å²) >= 11 is 0. The Kier molecular flexibility index (Phi) is 12.1. The number of rotatable bonds is 4. The fraction of sp³-hybridized carbons (Fsp3) is 0.400. The number of hydrogen-bond donors (Lipinski definition) is 1. The number of benzene rings is 1. The van der Waals surface area contributed by atoms with Crippen molar-refractivity contribution in [1.82, 2.24) is 25.5 Å². The molecule has 0 bridgehead atoms. The molecule has 1 amide bonds. The van der Waals surface area contributed by atoms with Crippen LogP contribution in [-0.2, 0) is 0 Å². The van der Waals surface area contributed by atoms with Crippen LogP contribution in [0.3, 0.4) is 0 Å². The molecule has 144 valence electrons. The van der Waals surface area contributed by atoms with Crippen molar-refractivity contribution < 1.29 is 6.22 Å². The second kappa shape index (κ2) is 13.5. The molecule has 0 radical (unpaired) electrons. The van der Waals surface area contributed by atoms with Gasteiger partial charge in [0.2, 0.25) is 0 Å². The van der Waals surface area contributed by atoms with Crippen LogP contribution in [0.25, 0.3) is 5.69 Å². The molecule has 0 aliphatic heterocycles. The van der Waals surface area contributed by atoms with E-state index in [9.17, 15) is 4.79 Å². The topological polar surface area (TPSA) is 72.7 Å². The summed E-state index contributed by atoms with van der Waals surface area (Å²) in [4.78, 5) is 12.2. The Hall–Kier alpha value is -2.76. The molecule has 0 atom stereocenters. The summed E-state index contributed by atoms with van der Waals surface area (Å²) in [5.74, 6) is 0.658. The molecule has 0 unspecified atom stereocenters. The van der Waals surface area contributed by atoms with Gasteiger partial charge >= 0.3 is 0 Å². The first-order chi connectivity index (χ1) is 12.5. The smallest absolute Gasteiger partial charge is 0.255 e. The molecule has 0 fully saturated rings. The van der Waals surface area contributed by atoms with E-state index in [0.29, 0.717) is 5.56 Å². The van der Waals surface area contributed by atoms with E-state index in [2.05, 4.69) is 41.6 Å². The monoisotopic (exact) mass is 359 g/mol. The number of aromatic nitrogens is 4. The Balaban J connectivity index is 0. The number of nitrogens with one attached hydrogen (secondary N) is 1. The van der Waals surface area contributed by atoms with Crippen LogP contribution in [0, 0.1) is 5.92 Å². The molecular weight excluding hydrogens is 326 g/mol. The zero-order chi connectivity index (χ0) is 19.9. The quantitative estimate of drug-likeness (QED) is 0.795. The van der Waals surface area contributed by atoms with Crippen LogP contribution in [0.5, 0.6) is 0 Å². The lowest BCUT2D eigenvalue weighted by Crippen LogP contribution is -2.21. The highest BCUT2D eigenvalue weighted by atomic mass is 16.1. The molecule has 2 rings (SSSR count). The number of hydrogen-bond acceptors (Lipinski definition) is 4. The van der Waals surface area contributed by atoms with Crippen molar-refractivity contribution in [2.75, 3.05) is 0 Å². The second-order valence-electron chi connectivity index (χ2n) is 5.73. The van der Waals surface area contributed by atoms with E-state index in [0.717, 1.165) is 17.3 Å². The molecule has 0 saturated heterocycles. The first-order valence-corrected chi connectivity index (χ1v) is 8.91. The van der Waals surface area contributed by atoms with Gasteiger partial charge in [0.05, 0.1) is 5.69 Å². The molecule has 0 saturated carbocycles. The Morgan fingerprint density at radius 2 is 1.88 bits per heavy atom. The van der Waals surface area contributed by atoms with Crippen LogP contribution in [0.1, 0.15) is 60.3 Å². The maximum absolute atomic E-state index is 12.2. The summed E-state index contributed by atoms with van der Waals surface area (Å²) in [5, 5.41) is 13.8. The molecule has 2 aromatic rings. The largest absolute Gasteiger partial charge is 0.322 e. The van der Waals surface area contributed by atoms with Gasteiger partial charge in [-0.15, -0.1) is 5.10 Å². The van der Waals surface area contributed by atoms with Crippen molar-refractivity contribution >= 4 is 5.91 Å². The van der Waals surface area contributed by atoms with E-state index in [4.69, 9.17) is 0 Å². The molecule has 6 nitrogen and oxygen atoms in total. The molecule has 0 spiro atoms. The van der Waals surface area contributed by atoms with Gasteiger partial charge in [-0.1, -0.05) is 52.8 Å². The molecule has 0 aliphatic rings. The molecule has 0 aliphatic carbocycles. The number of carbonyl (C=O) groups is 1. The van der Waals surface area contributed by atoms with Crippen molar-refractivity contribution in [1.29, 1.82) is 0 Å². The maximum atomic E-state index is 12.2. The summed E-state index contributed by atoms with van der Waals surface area (Å²) in [6.45, 7) is 14.3. The fourth-order valence-corrected chi connectivity index (χ4v) is 1.66. The first-order valence-electron chi connectivity index (χ1n) is 8.91. The van der Waals surface area contributed by atoms with Gasteiger partial charge in [-0.25, -0.2) is 4.68 Å². The van der Waals surface area contributed by atoms with Crippen LogP contribution in [-0.4, -0.2) is 26.1 Å². The lowest BCUT2D eigenvalue weighted by molar-refractivity contribution is 0.0967.